The second-order valence-electron chi connectivity index (χ2n) is 10.6. The molecule has 0 saturated heterocycles. The summed E-state index contributed by atoms with van der Waals surface area (Å²) in [5, 5.41) is 2.92. The zero-order valence-electron chi connectivity index (χ0n) is 24.1. The Hall–Kier alpha value is -3.92. The van der Waals surface area contributed by atoms with Crippen LogP contribution in [0.5, 0.6) is 5.75 Å². The first kappa shape index (κ1) is 31.6. The van der Waals surface area contributed by atoms with Gasteiger partial charge in [0.05, 0.1) is 17.2 Å². The van der Waals surface area contributed by atoms with Gasteiger partial charge in [0.2, 0.25) is 11.8 Å². The van der Waals surface area contributed by atoms with Crippen molar-refractivity contribution >= 4 is 27.5 Å². The molecule has 0 aliphatic heterocycles. The zero-order valence-corrected chi connectivity index (χ0v) is 24.9. The Morgan fingerprint density at radius 3 is 2.07 bits per heavy atom. The van der Waals surface area contributed by atoms with Crippen LogP contribution in [0.25, 0.3) is 0 Å². The molecule has 0 aliphatic carbocycles. The van der Waals surface area contributed by atoms with Gasteiger partial charge in [0.15, 0.2) is 0 Å². The minimum absolute atomic E-state index is 0.0130. The van der Waals surface area contributed by atoms with Gasteiger partial charge in [-0.1, -0.05) is 37.3 Å². The number of carbonyl (C=O) groups excluding carboxylic acids is 2. The SMILES string of the molecule is CCOc1ccc(S(=O)(=O)N(CC(=O)N(Cc2ccc(F)cc2)[C@@H](CC)C(=O)NC(C)(C)C)c2ccccc2)cc1. The van der Waals surface area contributed by atoms with E-state index in [1.54, 1.807) is 49.4 Å². The monoisotopic (exact) mass is 583 g/mol. The molecule has 8 nitrogen and oxygen atoms in total. The van der Waals surface area contributed by atoms with Crippen LogP contribution in [0, 0.1) is 5.82 Å². The number of anilines is 1. The lowest BCUT2D eigenvalue weighted by Crippen LogP contribution is -2.55. The van der Waals surface area contributed by atoms with Crippen LogP contribution in [0.2, 0.25) is 0 Å². The fraction of sp³-hybridized carbons (Fsp3) is 0.355. The molecule has 10 heteroatoms. The molecule has 0 bridgehead atoms. The predicted octanol–water partition coefficient (Wildman–Crippen LogP) is 5.14. The Morgan fingerprint density at radius 2 is 1.54 bits per heavy atom. The van der Waals surface area contributed by atoms with Gasteiger partial charge in [-0.3, -0.25) is 13.9 Å². The molecule has 0 aromatic heterocycles. The van der Waals surface area contributed by atoms with Crippen molar-refractivity contribution in [2.75, 3.05) is 17.5 Å². The number of carbonyl (C=O) groups is 2. The number of rotatable bonds is 12. The highest BCUT2D eigenvalue weighted by molar-refractivity contribution is 7.92. The quantitative estimate of drug-likeness (QED) is 0.319. The van der Waals surface area contributed by atoms with E-state index in [4.69, 9.17) is 4.74 Å². The summed E-state index contributed by atoms with van der Waals surface area (Å²) in [7, 11) is -4.19. The third-order valence-corrected chi connectivity index (χ3v) is 7.98. The number of sulfonamides is 1. The Kier molecular flexibility index (Phi) is 10.5. The van der Waals surface area contributed by atoms with Crippen molar-refractivity contribution < 1.29 is 27.1 Å². The number of ether oxygens (including phenoxy) is 1. The summed E-state index contributed by atoms with van der Waals surface area (Å²) in [4.78, 5) is 28.7. The number of para-hydroxylation sites is 1. The van der Waals surface area contributed by atoms with Crippen molar-refractivity contribution in [1.29, 1.82) is 0 Å². The highest BCUT2D eigenvalue weighted by Gasteiger charge is 2.34. The van der Waals surface area contributed by atoms with Crippen molar-refractivity contribution in [1.82, 2.24) is 10.2 Å². The van der Waals surface area contributed by atoms with E-state index in [-0.39, 0.29) is 23.8 Å². The molecule has 0 aliphatic rings. The van der Waals surface area contributed by atoms with Crippen LogP contribution in [0.15, 0.2) is 83.8 Å². The molecular weight excluding hydrogens is 545 g/mol. The van der Waals surface area contributed by atoms with E-state index in [0.29, 0.717) is 23.6 Å². The first-order valence-corrected chi connectivity index (χ1v) is 15.0. The molecule has 3 rings (SSSR count). The van der Waals surface area contributed by atoms with Crippen molar-refractivity contribution in [3.63, 3.8) is 0 Å². The third kappa shape index (κ3) is 8.53. The van der Waals surface area contributed by atoms with Gasteiger partial charge >= 0.3 is 0 Å². The Labute approximate surface area is 242 Å². The van der Waals surface area contributed by atoms with Gasteiger partial charge in [0.25, 0.3) is 10.0 Å². The van der Waals surface area contributed by atoms with E-state index in [1.807, 2.05) is 27.7 Å². The van der Waals surface area contributed by atoms with E-state index in [9.17, 15) is 22.4 Å². The van der Waals surface area contributed by atoms with Crippen molar-refractivity contribution in [2.45, 2.75) is 64.1 Å². The van der Waals surface area contributed by atoms with Gasteiger partial charge in [-0.25, -0.2) is 12.8 Å². The predicted molar refractivity (Wildman–Crippen MR) is 158 cm³/mol. The van der Waals surface area contributed by atoms with Crippen LogP contribution in [-0.2, 0) is 26.2 Å². The fourth-order valence-corrected chi connectivity index (χ4v) is 5.70. The molecule has 41 heavy (non-hydrogen) atoms. The number of hydrogen-bond donors (Lipinski definition) is 1. The zero-order chi connectivity index (χ0) is 30.2. The van der Waals surface area contributed by atoms with Gasteiger partial charge in [0.1, 0.15) is 24.2 Å². The van der Waals surface area contributed by atoms with E-state index in [0.717, 1.165) is 4.31 Å². The average Bonchev–Trinajstić information content (AvgIpc) is 2.92. The maximum Gasteiger partial charge on any atom is 0.264 e. The molecule has 1 N–H and O–H groups in total. The normalized spacial score (nSPS) is 12.3. The standard InChI is InChI=1S/C31H38FN3O5S/c1-6-28(30(37)33-31(3,4)5)34(21-23-13-15-24(32)16-14-23)29(36)22-35(25-11-9-8-10-12-25)41(38,39)27-19-17-26(18-20-27)40-7-2/h8-20,28H,6-7,21-22H2,1-5H3,(H,33,37)/t28-/m0/s1. The molecule has 220 valence electrons. The number of nitrogens with zero attached hydrogens (tertiary/aromatic N) is 2. The van der Waals surface area contributed by atoms with Crippen LogP contribution in [-0.4, -0.2) is 49.9 Å². The number of nitrogens with one attached hydrogen (secondary N) is 1. The van der Waals surface area contributed by atoms with Crippen molar-refractivity contribution in [3.8, 4) is 5.75 Å². The maximum absolute atomic E-state index is 14.0. The molecule has 0 unspecified atom stereocenters. The van der Waals surface area contributed by atoms with Crippen LogP contribution >= 0.6 is 0 Å². The van der Waals surface area contributed by atoms with Crippen LogP contribution in [0.1, 0.15) is 46.6 Å². The molecule has 0 saturated carbocycles. The molecule has 3 aromatic rings. The molecule has 0 radical (unpaired) electrons. The van der Waals surface area contributed by atoms with Gasteiger partial charge in [-0.2, -0.15) is 0 Å². The lowest BCUT2D eigenvalue weighted by molar-refractivity contribution is -0.141. The molecule has 3 aromatic carbocycles. The second kappa shape index (κ2) is 13.6. The van der Waals surface area contributed by atoms with Gasteiger partial charge in [-0.15, -0.1) is 0 Å². The summed E-state index contributed by atoms with van der Waals surface area (Å²) >= 11 is 0. The number of benzene rings is 3. The first-order valence-electron chi connectivity index (χ1n) is 13.5. The number of amides is 2. The van der Waals surface area contributed by atoms with Gasteiger partial charge < -0.3 is 15.0 Å². The minimum Gasteiger partial charge on any atom is -0.494 e. The molecule has 2 amide bonds. The Morgan fingerprint density at radius 1 is 0.927 bits per heavy atom. The maximum atomic E-state index is 14.0. The highest BCUT2D eigenvalue weighted by atomic mass is 32.2. The van der Waals surface area contributed by atoms with E-state index >= 15 is 0 Å². The van der Waals surface area contributed by atoms with E-state index < -0.39 is 39.9 Å². The topological polar surface area (TPSA) is 96.0 Å². The molecule has 0 heterocycles. The van der Waals surface area contributed by atoms with Gasteiger partial charge in [0, 0.05) is 12.1 Å². The first-order chi connectivity index (χ1) is 19.4. The average molecular weight is 584 g/mol. The third-order valence-electron chi connectivity index (χ3n) is 6.20. The summed E-state index contributed by atoms with van der Waals surface area (Å²) in [5.74, 6) is -0.851. The lowest BCUT2D eigenvalue weighted by atomic mass is 10.1. The molecular formula is C31H38FN3O5S. The second-order valence-corrected chi connectivity index (χ2v) is 12.4. The minimum atomic E-state index is -4.19. The molecule has 1 atom stereocenters. The smallest absolute Gasteiger partial charge is 0.264 e. The number of halogens is 1. The molecule has 0 spiro atoms. The lowest BCUT2D eigenvalue weighted by Gasteiger charge is -2.34. The van der Waals surface area contributed by atoms with Crippen LogP contribution < -0.4 is 14.4 Å². The summed E-state index contributed by atoms with van der Waals surface area (Å²) in [6.07, 6.45) is 0.284. The highest BCUT2D eigenvalue weighted by Crippen LogP contribution is 2.26. The fourth-order valence-electron chi connectivity index (χ4n) is 4.28. The summed E-state index contributed by atoms with van der Waals surface area (Å²) in [6, 6.07) is 19.1. The van der Waals surface area contributed by atoms with Crippen LogP contribution in [0.4, 0.5) is 10.1 Å². The Bertz CT molecular complexity index is 1410. The molecule has 0 fully saturated rings. The summed E-state index contributed by atoms with van der Waals surface area (Å²) in [6.45, 7) is 8.99. The van der Waals surface area contributed by atoms with Crippen LogP contribution in [0.3, 0.4) is 0 Å². The Balaban J connectivity index is 2.03. The van der Waals surface area contributed by atoms with Crippen molar-refractivity contribution in [3.05, 3.63) is 90.2 Å². The van der Waals surface area contributed by atoms with E-state index in [1.165, 1.54) is 41.3 Å². The van der Waals surface area contributed by atoms with E-state index in [2.05, 4.69) is 5.32 Å². The summed E-state index contributed by atoms with van der Waals surface area (Å²) in [5.41, 5.74) is 0.341. The largest absolute Gasteiger partial charge is 0.494 e. The number of hydrogen-bond acceptors (Lipinski definition) is 5. The summed E-state index contributed by atoms with van der Waals surface area (Å²) < 4.78 is 47.9. The van der Waals surface area contributed by atoms with Crippen molar-refractivity contribution in [2.24, 2.45) is 0 Å². The van der Waals surface area contributed by atoms with Gasteiger partial charge in [-0.05, 0) is 88.2 Å².